The van der Waals surface area contributed by atoms with Gasteiger partial charge in [-0.15, -0.1) is 0 Å². The maximum absolute atomic E-state index is 5.26. The molecule has 1 N–H and O–H groups in total. The van der Waals surface area contributed by atoms with Gasteiger partial charge in [-0.05, 0) is 96.5 Å². The monoisotopic (exact) mass is 751 g/mol. The van der Waals surface area contributed by atoms with E-state index in [2.05, 4.69) is 222 Å². The summed E-state index contributed by atoms with van der Waals surface area (Å²) in [6.07, 6.45) is 0. The molecule has 12 rings (SSSR count). The van der Waals surface area contributed by atoms with Gasteiger partial charge in [0.15, 0.2) is 0 Å². The van der Waals surface area contributed by atoms with Gasteiger partial charge in [0.05, 0.1) is 22.8 Å². The van der Waals surface area contributed by atoms with Crippen molar-refractivity contribution in [1.82, 2.24) is 9.88 Å². The summed E-state index contributed by atoms with van der Waals surface area (Å²) in [7, 11) is 0. The number of fused-ring (bicyclic) bond motifs is 9. The highest BCUT2D eigenvalue weighted by Crippen LogP contribution is 2.42. The molecule has 0 spiro atoms. The van der Waals surface area contributed by atoms with Crippen LogP contribution < -0.4 is 5.32 Å². The van der Waals surface area contributed by atoms with Crippen LogP contribution >= 0.6 is 0 Å². The van der Waals surface area contributed by atoms with Gasteiger partial charge in [-0.25, -0.2) is 4.99 Å². The van der Waals surface area contributed by atoms with Gasteiger partial charge in [0, 0.05) is 27.6 Å². The van der Waals surface area contributed by atoms with Crippen molar-refractivity contribution in [1.29, 1.82) is 0 Å². The first-order chi connectivity index (χ1) is 29.2. The van der Waals surface area contributed by atoms with E-state index < -0.39 is 0 Å². The molecule has 3 nitrogen and oxygen atoms in total. The Balaban J connectivity index is 0.943. The minimum atomic E-state index is -0.0554. The summed E-state index contributed by atoms with van der Waals surface area (Å²) in [5, 5.41) is 13.9. The Hall–Kier alpha value is -7.75. The third kappa shape index (κ3) is 5.47. The molecule has 0 saturated heterocycles. The molecule has 2 heterocycles. The summed E-state index contributed by atoms with van der Waals surface area (Å²) >= 11 is 0. The van der Waals surface area contributed by atoms with E-state index >= 15 is 0 Å². The van der Waals surface area contributed by atoms with Crippen molar-refractivity contribution in [2.24, 2.45) is 4.99 Å². The SMILES string of the molecule is c1ccc(-c2cccc(-c3ccc(C4NC(c5cccc6cc(-n7c8ccc9ccccc9c8c8c9ccccc9ccc87)ccc56)=Nc5ccccc54)cc3)c2)cc1. The Morgan fingerprint density at radius 2 is 1.00 bits per heavy atom. The number of amidine groups is 1. The Labute approximate surface area is 342 Å². The van der Waals surface area contributed by atoms with Crippen molar-refractivity contribution in [3.8, 4) is 27.9 Å². The second-order valence-electron chi connectivity index (χ2n) is 15.6. The number of nitrogens with zero attached hydrogens (tertiary/aromatic N) is 2. The van der Waals surface area contributed by atoms with Crippen LogP contribution in [-0.2, 0) is 0 Å². The molecule has 3 heteroatoms. The fourth-order valence-electron chi connectivity index (χ4n) is 9.42. The fraction of sp³-hybridized carbons (Fsp3) is 0.0179. The predicted molar refractivity (Wildman–Crippen MR) is 248 cm³/mol. The molecule has 0 fully saturated rings. The van der Waals surface area contributed by atoms with Crippen molar-refractivity contribution in [2.75, 3.05) is 0 Å². The minimum Gasteiger partial charge on any atom is -0.359 e. The molecule has 1 atom stereocenters. The zero-order valence-corrected chi connectivity index (χ0v) is 32.2. The molecule has 59 heavy (non-hydrogen) atoms. The standard InChI is InChI=1S/C56H37N3/c1-2-12-36(13-3-1)41-16-10-17-42(34-41)37-24-26-40(27-25-37)55-49-21-8-9-23-50(49)57-56(58-55)48-22-11-18-43-35-44(30-31-45(43)48)59-51-32-28-38-14-4-6-19-46(38)53(51)54-47-20-7-5-15-39(47)29-33-52(54)59/h1-35,55H,(H,57,58). The zero-order valence-electron chi connectivity index (χ0n) is 32.2. The molecular weight excluding hydrogens is 715 g/mol. The largest absolute Gasteiger partial charge is 0.359 e. The van der Waals surface area contributed by atoms with Crippen LogP contribution in [0.5, 0.6) is 0 Å². The highest BCUT2D eigenvalue weighted by atomic mass is 15.1. The Morgan fingerprint density at radius 1 is 0.407 bits per heavy atom. The number of rotatable bonds is 5. The molecule has 1 aliphatic rings. The highest BCUT2D eigenvalue weighted by Gasteiger charge is 2.25. The molecule has 0 amide bonds. The number of aliphatic imine (C=N–C) groups is 1. The van der Waals surface area contributed by atoms with E-state index in [1.807, 2.05) is 0 Å². The molecule has 10 aromatic carbocycles. The van der Waals surface area contributed by atoms with Crippen molar-refractivity contribution in [2.45, 2.75) is 6.04 Å². The molecule has 0 saturated carbocycles. The quantitative estimate of drug-likeness (QED) is 0.186. The Bertz CT molecular complexity index is 3370. The van der Waals surface area contributed by atoms with Crippen LogP contribution in [-0.4, -0.2) is 10.4 Å². The maximum atomic E-state index is 5.26. The molecule has 1 aliphatic heterocycles. The van der Waals surface area contributed by atoms with E-state index in [-0.39, 0.29) is 6.04 Å². The number of benzene rings is 10. The summed E-state index contributed by atoms with van der Waals surface area (Å²) in [6.45, 7) is 0. The van der Waals surface area contributed by atoms with Crippen molar-refractivity contribution >= 4 is 65.6 Å². The van der Waals surface area contributed by atoms with Gasteiger partial charge in [0.2, 0.25) is 0 Å². The second-order valence-corrected chi connectivity index (χ2v) is 15.6. The molecule has 11 aromatic rings. The molecule has 1 unspecified atom stereocenters. The summed E-state index contributed by atoms with van der Waals surface area (Å²) in [4.78, 5) is 5.26. The van der Waals surface area contributed by atoms with Gasteiger partial charge < -0.3 is 9.88 Å². The number of para-hydroxylation sites is 1. The first-order valence-electron chi connectivity index (χ1n) is 20.3. The van der Waals surface area contributed by atoms with E-state index in [0.29, 0.717) is 0 Å². The van der Waals surface area contributed by atoms with Gasteiger partial charge >= 0.3 is 0 Å². The molecular formula is C56H37N3. The summed E-state index contributed by atoms with van der Waals surface area (Å²) in [6, 6.07) is 76.9. The van der Waals surface area contributed by atoms with Crippen LogP contribution in [0.1, 0.15) is 22.7 Å². The summed E-state index contributed by atoms with van der Waals surface area (Å²) < 4.78 is 2.44. The van der Waals surface area contributed by atoms with E-state index in [4.69, 9.17) is 4.99 Å². The summed E-state index contributed by atoms with van der Waals surface area (Å²) in [5.41, 5.74) is 12.8. The van der Waals surface area contributed by atoms with Crippen LogP contribution in [0, 0.1) is 0 Å². The van der Waals surface area contributed by atoms with Crippen molar-refractivity contribution in [3.63, 3.8) is 0 Å². The van der Waals surface area contributed by atoms with E-state index in [1.165, 1.54) is 82.1 Å². The molecule has 276 valence electrons. The van der Waals surface area contributed by atoms with Gasteiger partial charge in [-0.2, -0.15) is 0 Å². The number of hydrogen-bond donors (Lipinski definition) is 1. The van der Waals surface area contributed by atoms with E-state index in [9.17, 15) is 0 Å². The lowest BCUT2D eigenvalue weighted by Gasteiger charge is -2.28. The third-order valence-corrected chi connectivity index (χ3v) is 12.2. The smallest absolute Gasteiger partial charge is 0.135 e. The number of nitrogens with one attached hydrogen (secondary N) is 1. The maximum Gasteiger partial charge on any atom is 0.135 e. The van der Waals surface area contributed by atoms with Gasteiger partial charge in [0.1, 0.15) is 5.84 Å². The fourth-order valence-corrected chi connectivity index (χ4v) is 9.42. The normalized spacial score (nSPS) is 13.8. The average Bonchev–Trinajstić information content (AvgIpc) is 3.67. The topological polar surface area (TPSA) is 29.3 Å². The number of aromatic nitrogens is 1. The Kier molecular flexibility index (Phi) is 7.60. The van der Waals surface area contributed by atoms with E-state index in [1.54, 1.807) is 0 Å². The first kappa shape index (κ1) is 33.4. The van der Waals surface area contributed by atoms with Crippen LogP contribution in [0.4, 0.5) is 5.69 Å². The lowest BCUT2D eigenvalue weighted by molar-refractivity contribution is 0.750. The van der Waals surface area contributed by atoms with Crippen LogP contribution in [0.2, 0.25) is 0 Å². The lowest BCUT2D eigenvalue weighted by atomic mass is 9.92. The molecule has 0 aliphatic carbocycles. The number of hydrogen-bond acceptors (Lipinski definition) is 2. The molecule has 1 aromatic heterocycles. The summed E-state index contributed by atoms with van der Waals surface area (Å²) in [5.74, 6) is 0.876. The highest BCUT2D eigenvalue weighted by molar-refractivity contribution is 6.28. The van der Waals surface area contributed by atoms with Crippen LogP contribution in [0.25, 0.3) is 82.1 Å². The first-order valence-corrected chi connectivity index (χ1v) is 20.3. The van der Waals surface area contributed by atoms with E-state index in [0.717, 1.165) is 28.2 Å². The lowest BCUT2D eigenvalue weighted by Crippen LogP contribution is -2.32. The van der Waals surface area contributed by atoms with Gasteiger partial charge in [-0.1, -0.05) is 176 Å². The van der Waals surface area contributed by atoms with Crippen LogP contribution in [0.3, 0.4) is 0 Å². The molecule has 0 bridgehead atoms. The van der Waals surface area contributed by atoms with Gasteiger partial charge in [-0.3, -0.25) is 0 Å². The Morgan fingerprint density at radius 3 is 1.73 bits per heavy atom. The second kappa shape index (κ2) is 13.4. The predicted octanol–water partition coefficient (Wildman–Crippen LogP) is 14.3. The molecule has 0 radical (unpaired) electrons. The van der Waals surface area contributed by atoms with Crippen LogP contribution in [0.15, 0.2) is 217 Å². The average molecular weight is 752 g/mol. The van der Waals surface area contributed by atoms with Crippen molar-refractivity contribution in [3.05, 3.63) is 229 Å². The van der Waals surface area contributed by atoms with Crippen molar-refractivity contribution < 1.29 is 0 Å². The van der Waals surface area contributed by atoms with Gasteiger partial charge in [0.25, 0.3) is 0 Å². The zero-order chi connectivity index (χ0) is 38.9. The minimum absolute atomic E-state index is 0.0554. The third-order valence-electron chi connectivity index (χ3n) is 12.2.